The molecule has 0 fully saturated rings. The average Bonchev–Trinajstić information content (AvgIpc) is 2.44. The molecular formula is C22H21Br. The zero-order valence-corrected chi connectivity index (χ0v) is 15.7. The highest BCUT2D eigenvalue weighted by molar-refractivity contribution is 9.10. The molecule has 0 aliphatic rings. The predicted octanol–water partition coefficient (Wildman–Crippen LogP) is 7.02. The largest absolute Gasteiger partial charge is 0.0563 e. The summed E-state index contributed by atoms with van der Waals surface area (Å²) in [5, 5.41) is 0. The van der Waals surface area contributed by atoms with Crippen LogP contribution in [0.2, 0.25) is 0 Å². The molecule has 3 aromatic rings. The van der Waals surface area contributed by atoms with Gasteiger partial charge in [0.1, 0.15) is 0 Å². The Morgan fingerprint density at radius 3 is 1.09 bits per heavy atom. The van der Waals surface area contributed by atoms with Gasteiger partial charge >= 0.3 is 0 Å². The molecule has 0 heterocycles. The van der Waals surface area contributed by atoms with Crippen LogP contribution in [0.3, 0.4) is 0 Å². The van der Waals surface area contributed by atoms with Crippen LogP contribution < -0.4 is 0 Å². The first-order chi connectivity index (χ1) is 10.9. The van der Waals surface area contributed by atoms with Crippen LogP contribution >= 0.6 is 15.9 Å². The van der Waals surface area contributed by atoms with Crippen LogP contribution in [-0.2, 0) is 0 Å². The van der Waals surface area contributed by atoms with Crippen LogP contribution in [0.25, 0.3) is 22.3 Å². The summed E-state index contributed by atoms with van der Waals surface area (Å²) in [4.78, 5) is 0. The Morgan fingerprint density at radius 2 is 0.739 bits per heavy atom. The van der Waals surface area contributed by atoms with Crippen LogP contribution in [0.4, 0.5) is 0 Å². The lowest BCUT2D eigenvalue weighted by Crippen LogP contribution is -1.87. The molecule has 0 aromatic heterocycles. The molecule has 0 N–H and O–H groups in total. The van der Waals surface area contributed by atoms with Crippen LogP contribution in [0.15, 0.2) is 59.1 Å². The molecule has 0 radical (unpaired) electrons. The van der Waals surface area contributed by atoms with Gasteiger partial charge in [0.25, 0.3) is 0 Å². The van der Waals surface area contributed by atoms with Crippen molar-refractivity contribution in [3.63, 3.8) is 0 Å². The lowest BCUT2D eigenvalue weighted by Gasteiger charge is -2.11. The monoisotopic (exact) mass is 364 g/mol. The van der Waals surface area contributed by atoms with E-state index in [1.807, 2.05) is 0 Å². The molecule has 0 amide bonds. The molecule has 0 spiro atoms. The van der Waals surface area contributed by atoms with Crippen LogP contribution in [0, 0.1) is 27.7 Å². The Hall–Kier alpha value is -1.86. The number of halogens is 1. The third kappa shape index (κ3) is 3.73. The summed E-state index contributed by atoms with van der Waals surface area (Å²) >= 11 is 3.68. The quantitative estimate of drug-likeness (QED) is 0.458. The third-order valence-electron chi connectivity index (χ3n) is 4.01. The van der Waals surface area contributed by atoms with Crippen LogP contribution in [0.1, 0.15) is 22.3 Å². The van der Waals surface area contributed by atoms with Crippen molar-refractivity contribution in [2.45, 2.75) is 27.7 Å². The van der Waals surface area contributed by atoms with Gasteiger partial charge in [0.05, 0.1) is 0 Å². The van der Waals surface area contributed by atoms with Crippen molar-refractivity contribution in [3.8, 4) is 22.3 Å². The first kappa shape index (κ1) is 16.0. The molecule has 1 heteroatoms. The highest BCUT2D eigenvalue weighted by Gasteiger charge is 2.06. The molecule has 23 heavy (non-hydrogen) atoms. The van der Waals surface area contributed by atoms with E-state index in [1.54, 1.807) is 0 Å². The maximum Gasteiger partial charge on any atom is 0.0187 e. The minimum absolute atomic E-state index is 1.11. The number of hydrogen-bond acceptors (Lipinski definition) is 0. The smallest absolute Gasteiger partial charge is 0.0187 e. The van der Waals surface area contributed by atoms with Crippen molar-refractivity contribution in [3.05, 3.63) is 81.3 Å². The summed E-state index contributed by atoms with van der Waals surface area (Å²) in [5.41, 5.74) is 10.2. The molecule has 3 rings (SSSR count). The Morgan fingerprint density at radius 1 is 0.435 bits per heavy atom. The van der Waals surface area contributed by atoms with Gasteiger partial charge in [-0.05, 0) is 68.1 Å². The number of rotatable bonds is 2. The third-order valence-corrected chi connectivity index (χ3v) is 4.47. The maximum atomic E-state index is 3.68. The predicted molar refractivity (Wildman–Crippen MR) is 104 cm³/mol. The molecule has 3 aromatic carbocycles. The molecule has 0 saturated carbocycles. The van der Waals surface area contributed by atoms with E-state index < -0.39 is 0 Å². The molecule has 0 nitrogen and oxygen atoms in total. The summed E-state index contributed by atoms with van der Waals surface area (Å²) in [7, 11) is 0. The van der Waals surface area contributed by atoms with Gasteiger partial charge < -0.3 is 0 Å². The molecule has 0 aliphatic carbocycles. The molecular weight excluding hydrogens is 344 g/mol. The molecule has 116 valence electrons. The average molecular weight is 365 g/mol. The summed E-state index contributed by atoms with van der Waals surface area (Å²) in [6.45, 7) is 8.61. The first-order valence-corrected chi connectivity index (χ1v) is 8.68. The summed E-state index contributed by atoms with van der Waals surface area (Å²) < 4.78 is 1.11. The Bertz CT molecular complexity index is 765. The SMILES string of the molecule is Cc1cc(C)cc(-c2cc(Br)cc(-c3cc(C)cc(C)c3)c2)c1. The van der Waals surface area contributed by atoms with Crippen molar-refractivity contribution in [1.82, 2.24) is 0 Å². The second kappa shape index (κ2) is 6.33. The number of hydrogen-bond donors (Lipinski definition) is 0. The lowest BCUT2D eigenvalue weighted by atomic mass is 9.95. The second-order valence-corrected chi connectivity index (χ2v) is 7.40. The Labute approximate surface area is 147 Å². The first-order valence-electron chi connectivity index (χ1n) is 7.89. The van der Waals surface area contributed by atoms with E-state index in [1.165, 1.54) is 44.5 Å². The van der Waals surface area contributed by atoms with Crippen LogP contribution in [-0.4, -0.2) is 0 Å². The zero-order chi connectivity index (χ0) is 16.6. The highest BCUT2D eigenvalue weighted by Crippen LogP contribution is 2.32. The van der Waals surface area contributed by atoms with Crippen molar-refractivity contribution in [2.75, 3.05) is 0 Å². The van der Waals surface area contributed by atoms with Gasteiger partial charge in [-0.1, -0.05) is 74.6 Å². The number of benzene rings is 3. The molecule has 0 bridgehead atoms. The van der Waals surface area contributed by atoms with E-state index >= 15 is 0 Å². The van der Waals surface area contributed by atoms with Crippen molar-refractivity contribution >= 4 is 15.9 Å². The second-order valence-electron chi connectivity index (χ2n) is 6.48. The summed E-state index contributed by atoms with van der Waals surface area (Å²) in [5.74, 6) is 0. The van der Waals surface area contributed by atoms with Gasteiger partial charge in [-0.3, -0.25) is 0 Å². The summed E-state index contributed by atoms with van der Waals surface area (Å²) in [6, 6.07) is 20.1. The maximum absolute atomic E-state index is 3.68. The van der Waals surface area contributed by atoms with E-state index in [0.29, 0.717) is 0 Å². The van der Waals surface area contributed by atoms with Crippen molar-refractivity contribution in [2.24, 2.45) is 0 Å². The summed E-state index contributed by atoms with van der Waals surface area (Å²) in [6.07, 6.45) is 0. The highest BCUT2D eigenvalue weighted by atomic mass is 79.9. The van der Waals surface area contributed by atoms with E-state index in [2.05, 4.69) is 98.2 Å². The van der Waals surface area contributed by atoms with Gasteiger partial charge in [-0.2, -0.15) is 0 Å². The van der Waals surface area contributed by atoms with Crippen LogP contribution in [0.5, 0.6) is 0 Å². The minimum atomic E-state index is 1.11. The van der Waals surface area contributed by atoms with E-state index in [9.17, 15) is 0 Å². The van der Waals surface area contributed by atoms with Gasteiger partial charge in [0, 0.05) is 4.47 Å². The topological polar surface area (TPSA) is 0 Å². The van der Waals surface area contributed by atoms with Gasteiger partial charge in [0.2, 0.25) is 0 Å². The van der Waals surface area contributed by atoms with Gasteiger partial charge in [0.15, 0.2) is 0 Å². The van der Waals surface area contributed by atoms with Gasteiger partial charge in [-0.15, -0.1) is 0 Å². The standard InChI is InChI=1S/C22H21Br/c1-14-5-15(2)8-18(7-14)20-11-21(13-22(23)12-20)19-9-16(3)6-17(4)10-19/h5-13H,1-4H3. The fourth-order valence-corrected chi connectivity index (χ4v) is 3.70. The zero-order valence-electron chi connectivity index (χ0n) is 14.1. The van der Waals surface area contributed by atoms with Crippen molar-refractivity contribution < 1.29 is 0 Å². The molecule has 0 unspecified atom stereocenters. The van der Waals surface area contributed by atoms with Crippen molar-refractivity contribution in [1.29, 1.82) is 0 Å². The van der Waals surface area contributed by atoms with E-state index in [0.717, 1.165) is 4.47 Å². The van der Waals surface area contributed by atoms with Gasteiger partial charge in [-0.25, -0.2) is 0 Å². The fraction of sp³-hybridized carbons (Fsp3) is 0.182. The minimum Gasteiger partial charge on any atom is -0.0563 e. The Kier molecular flexibility index (Phi) is 4.41. The molecule has 0 atom stereocenters. The molecule has 0 saturated heterocycles. The number of aryl methyl sites for hydroxylation is 4. The fourth-order valence-electron chi connectivity index (χ4n) is 3.21. The van der Waals surface area contributed by atoms with E-state index in [4.69, 9.17) is 0 Å². The lowest BCUT2D eigenvalue weighted by molar-refractivity contribution is 1.37. The Balaban J connectivity index is 2.16. The molecule has 0 aliphatic heterocycles. The van der Waals surface area contributed by atoms with E-state index in [-0.39, 0.29) is 0 Å². The normalized spacial score (nSPS) is 10.8.